The summed E-state index contributed by atoms with van der Waals surface area (Å²) in [5.74, 6) is 3.03. The van der Waals surface area contributed by atoms with E-state index in [-0.39, 0.29) is 0 Å². The van der Waals surface area contributed by atoms with Crippen molar-refractivity contribution in [3.05, 3.63) is 102 Å². The molecule has 0 spiro atoms. The number of nitrogens with zero attached hydrogens (tertiary/aromatic N) is 3. The van der Waals surface area contributed by atoms with E-state index < -0.39 is 0 Å². The molecule has 1 N–H and O–H groups in total. The van der Waals surface area contributed by atoms with E-state index in [9.17, 15) is 0 Å². The zero-order chi connectivity index (χ0) is 20.8. The van der Waals surface area contributed by atoms with Gasteiger partial charge >= 0.3 is 0 Å². The summed E-state index contributed by atoms with van der Waals surface area (Å²) in [7, 11) is 2.04. The summed E-state index contributed by atoms with van der Waals surface area (Å²) in [6.45, 7) is 2.76. The Morgan fingerprint density at radius 2 is 1.43 bits per heavy atom. The van der Waals surface area contributed by atoms with Gasteiger partial charge in [0.2, 0.25) is 5.95 Å². The van der Waals surface area contributed by atoms with Gasteiger partial charge in [-0.2, -0.15) is 4.98 Å². The number of nitrogens with one attached hydrogen (secondary N) is 1. The zero-order valence-corrected chi connectivity index (χ0v) is 17.1. The van der Waals surface area contributed by atoms with Crippen LogP contribution in [-0.4, -0.2) is 17.0 Å². The van der Waals surface area contributed by atoms with E-state index in [4.69, 9.17) is 4.74 Å². The Morgan fingerprint density at radius 1 is 0.800 bits per heavy atom. The maximum Gasteiger partial charge on any atom is 0.229 e. The third-order valence-corrected chi connectivity index (χ3v) is 4.58. The summed E-state index contributed by atoms with van der Waals surface area (Å²) in [4.78, 5) is 11.3. The molecule has 0 saturated heterocycles. The van der Waals surface area contributed by atoms with Crippen LogP contribution in [-0.2, 0) is 6.54 Å². The number of para-hydroxylation sites is 1. The Bertz CT molecular complexity index is 1080. The van der Waals surface area contributed by atoms with Gasteiger partial charge in [0.15, 0.2) is 0 Å². The monoisotopic (exact) mass is 396 g/mol. The van der Waals surface area contributed by atoms with Crippen molar-refractivity contribution in [1.29, 1.82) is 0 Å². The second kappa shape index (κ2) is 9.09. The molecule has 5 nitrogen and oxygen atoms in total. The van der Waals surface area contributed by atoms with E-state index in [0.717, 1.165) is 35.2 Å². The predicted octanol–water partition coefficient (Wildman–Crippen LogP) is 5.96. The van der Waals surface area contributed by atoms with Crippen molar-refractivity contribution in [3.63, 3.8) is 0 Å². The lowest BCUT2D eigenvalue weighted by molar-refractivity contribution is 0.483. The molecule has 0 unspecified atom stereocenters. The largest absolute Gasteiger partial charge is 0.457 e. The lowest BCUT2D eigenvalue weighted by Gasteiger charge is -2.19. The van der Waals surface area contributed by atoms with Gasteiger partial charge in [0.05, 0.1) is 0 Å². The summed E-state index contributed by atoms with van der Waals surface area (Å²) in [5.41, 5.74) is 3.05. The highest BCUT2D eigenvalue weighted by atomic mass is 16.5. The molecular formula is C25H24N4O. The maximum absolute atomic E-state index is 5.84. The van der Waals surface area contributed by atoms with Crippen molar-refractivity contribution in [1.82, 2.24) is 9.97 Å². The van der Waals surface area contributed by atoms with E-state index in [1.165, 1.54) is 5.56 Å². The smallest absolute Gasteiger partial charge is 0.229 e. The minimum atomic E-state index is 0.571. The molecule has 4 aromatic rings. The Balaban J connectivity index is 1.45. The first-order valence-electron chi connectivity index (χ1n) is 9.86. The average molecular weight is 396 g/mol. The van der Waals surface area contributed by atoms with Gasteiger partial charge in [-0.1, -0.05) is 48.5 Å². The Labute approximate surface area is 177 Å². The lowest BCUT2D eigenvalue weighted by Crippen LogP contribution is -2.18. The molecule has 0 aliphatic heterocycles. The van der Waals surface area contributed by atoms with Gasteiger partial charge in [-0.05, 0) is 48.9 Å². The number of hydrogen-bond acceptors (Lipinski definition) is 5. The van der Waals surface area contributed by atoms with E-state index >= 15 is 0 Å². The molecule has 0 aliphatic carbocycles. The second-order valence-electron chi connectivity index (χ2n) is 7.10. The van der Waals surface area contributed by atoms with Crippen LogP contribution in [0, 0.1) is 6.92 Å². The highest BCUT2D eigenvalue weighted by Gasteiger charge is 2.08. The summed E-state index contributed by atoms with van der Waals surface area (Å²) in [6, 6.07) is 29.8. The Morgan fingerprint density at radius 3 is 2.13 bits per heavy atom. The van der Waals surface area contributed by atoms with Gasteiger partial charge < -0.3 is 15.0 Å². The van der Waals surface area contributed by atoms with Gasteiger partial charge in [-0.25, -0.2) is 4.98 Å². The minimum absolute atomic E-state index is 0.571. The van der Waals surface area contributed by atoms with Crippen molar-refractivity contribution in [2.24, 2.45) is 0 Å². The number of aryl methyl sites for hydroxylation is 1. The molecule has 5 heteroatoms. The fourth-order valence-electron chi connectivity index (χ4n) is 3.10. The number of rotatable bonds is 7. The Kier molecular flexibility index (Phi) is 5.90. The minimum Gasteiger partial charge on any atom is -0.457 e. The summed E-state index contributed by atoms with van der Waals surface area (Å²) in [5, 5.41) is 3.29. The quantitative estimate of drug-likeness (QED) is 0.418. The third kappa shape index (κ3) is 5.14. The molecule has 0 saturated carbocycles. The average Bonchev–Trinajstić information content (AvgIpc) is 2.76. The third-order valence-electron chi connectivity index (χ3n) is 4.58. The van der Waals surface area contributed by atoms with E-state index in [0.29, 0.717) is 5.95 Å². The first-order chi connectivity index (χ1) is 14.7. The molecule has 0 amide bonds. The second-order valence-corrected chi connectivity index (χ2v) is 7.10. The van der Waals surface area contributed by atoms with E-state index in [1.54, 1.807) is 0 Å². The molecule has 0 fully saturated rings. The number of anilines is 3. The molecule has 4 rings (SSSR count). The molecule has 1 heterocycles. The molecule has 0 bridgehead atoms. The molecule has 3 aromatic carbocycles. The predicted molar refractivity (Wildman–Crippen MR) is 122 cm³/mol. The van der Waals surface area contributed by atoms with Gasteiger partial charge in [0.1, 0.15) is 17.3 Å². The van der Waals surface area contributed by atoms with Crippen molar-refractivity contribution in [2.75, 3.05) is 17.3 Å². The normalized spacial score (nSPS) is 10.5. The molecule has 150 valence electrons. The first-order valence-corrected chi connectivity index (χ1v) is 9.86. The van der Waals surface area contributed by atoms with Gasteiger partial charge in [-0.15, -0.1) is 0 Å². The van der Waals surface area contributed by atoms with Gasteiger partial charge in [-0.3, -0.25) is 0 Å². The van der Waals surface area contributed by atoms with Gasteiger partial charge in [0, 0.05) is 31.0 Å². The standard InChI is InChI=1S/C25H24N4O/c1-19-17-24(29(2)18-20-9-5-3-6-10-20)28-25(26-19)27-21-13-15-23(16-14-21)30-22-11-7-4-8-12-22/h3-17H,18H2,1-2H3,(H,26,27,28). The summed E-state index contributed by atoms with van der Waals surface area (Å²) < 4.78 is 5.84. The lowest BCUT2D eigenvalue weighted by atomic mass is 10.2. The van der Waals surface area contributed by atoms with Crippen LogP contribution < -0.4 is 15.0 Å². The van der Waals surface area contributed by atoms with Crippen LogP contribution in [0.5, 0.6) is 11.5 Å². The molecule has 30 heavy (non-hydrogen) atoms. The number of aromatic nitrogens is 2. The number of ether oxygens (including phenoxy) is 1. The fraction of sp³-hybridized carbons (Fsp3) is 0.120. The Hall–Kier alpha value is -3.86. The molecule has 0 radical (unpaired) electrons. The first kappa shape index (κ1) is 19.5. The van der Waals surface area contributed by atoms with Crippen LogP contribution in [0.15, 0.2) is 91.0 Å². The molecular weight excluding hydrogens is 372 g/mol. The van der Waals surface area contributed by atoms with Crippen LogP contribution in [0.4, 0.5) is 17.5 Å². The molecule has 1 aromatic heterocycles. The van der Waals surface area contributed by atoms with Crippen molar-refractivity contribution < 1.29 is 4.74 Å². The van der Waals surface area contributed by atoms with Crippen LogP contribution in [0.1, 0.15) is 11.3 Å². The maximum atomic E-state index is 5.84. The van der Waals surface area contributed by atoms with Crippen molar-refractivity contribution in [2.45, 2.75) is 13.5 Å². The highest BCUT2D eigenvalue weighted by Crippen LogP contribution is 2.24. The SMILES string of the molecule is Cc1cc(N(C)Cc2ccccc2)nc(Nc2ccc(Oc3ccccc3)cc2)n1. The molecule has 0 atom stereocenters. The fourth-order valence-corrected chi connectivity index (χ4v) is 3.10. The van der Waals surface area contributed by atoms with Gasteiger partial charge in [0.25, 0.3) is 0 Å². The van der Waals surface area contributed by atoms with Crippen LogP contribution >= 0.6 is 0 Å². The topological polar surface area (TPSA) is 50.3 Å². The van der Waals surface area contributed by atoms with Crippen molar-refractivity contribution >= 4 is 17.5 Å². The van der Waals surface area contributed by atoms with E-state index in [2.05, 4.69) is 32.3 Å². The van der Waals surface area contributed by atoms with Crippen LogP contribution in [0.25, 0.3) is 0 Å². The van der Waals surface area contributed by atoms with Crippen LogP contribution in [0.2, 0.25) is 0 Å². The highest BCUT2D eigenvalue weighted by molar-refractivity contribution is 5.57. The number of benzene rings is 3. The van der Waals surface area contributed by atoms with Crippen LogP contribution in [0.3, 0.4) is 0 Å². The summed E-state index contributed by atoms with van der Waals surface area (Å²) >= 11 is 0. The van der Waals surface area contributed by atoms with Crippen molar-refractivity contribution in [3.8, 4) is 11.5 Å². The van der Waals surface area contributed by atoms with E-state index in [1.807, 2.05) is 92.8 Å². The summed E-state index contributed by atoms with van der Waals surface area (Å²) in [6.07, 6.45) is 0. The molecule has 0 aliphatic rings. The zero-order valence-electron chi connectivity index (χ0n) is 17.1. The number of hydrogen-bond donors (Lipinski definition) is 1.